The van der Waals surface area contributed by atoms with Crippen molar-refractivity contribution in [3.63, 3.8) is 0 Å². The topological polar surface area (TPSA) is 94.2 Å². The molecule has 0 saturated heterocycles. The average molecular weight is 434 g/mol. The number of nitrogens with zero attached hydrogens (tertiary/aromatic N) is 2. The Kier molecular flexibility index (Phi) is 5.27. The van der Waals surface area contributed by atoms with E-state index in [9.17, 15) is 19.7 Å². The molecule has 0 unspecified atom stereocenters. The van der Waals surface area contributed by atoms with E-state index in [-0.39, 0.29) is 28.1 Å². The van der Waals surface area contributed by atoms with E-state index in [2.05, 4.69) is 5.32 Å². The monoisotopic (exact) mass is 433 g/mol. The van der Waals surface area contributed by atoms with Gasteiger partial charge in [0.1, 0.15) is 5.82 Å². The van der Waals surface area contributed by atoms with E-state index in [1.165, 1.54) is 24.3 Å². The van der Waals surface area contributed by atoms with Crippen LogP contribution in [0.1, 0.15) is 10.4 Å². The zero-order valence-electron chi connectivity index (χ0n) is 16.3. The quantitative estimate of drug-likeness (QED) is 0.361. The number of anilines is 1. The Hall–Kier alpha value is -3.97. The first-order valence-electron chi connectivity index (χ1n) is 9.31. The predicted molar refractivity (Wildman–Crippen MR) is 121 cm³/mol. The maximum absolute atomic E-state index is 13.4. The molecule has 4 aromatic rings. The van der Waals surface area contributed by atoms with Crippen molar-refractivity contribution >= 4 is 39.9 Å². The van der Waals surface area contributed by atoms with E-state index in [4.69, 9.17) is 11.6 Å². The Morgan fingerprint density at radius 3 is 2.32 bits per heavy atom. The average Bonchev–Trinajstić information content (AvgIpc) is 2.78. The molecule has 0 saturated carbocycles. The lowest BCUT2D eigenvalue weighted by Crippen LogP contribution is -2.21. The summed E-state index contributed by atoms with van der Waals surface area (Å²) < 4.78 is 1.72. The summed E-state index contributed by atoms with van der Waals surface area (Å²) in [5.41, 5.74) is 1.24. The Labute approximate surface area is 181 Å². The number of nitrogens with one attached hydrogen (secondary N) is 1. The highest BCUT2D eigenvalue weighted by molar-refractivity contribution is 6.33. The minimum Gasteiger partial charge on any atom is -0.330 e. The van der Waals surface area contributed by atoms with E-state index < -0.39 is 10.8 Å². The number of nitro benzene ring substituents is 1. The molecule has 1 N–H and O–H groups in total. The van der Waals surface area contributed by atoms with Crippen molar-refractivity contribution in [1.29, 1.82) is 0 Å². The summed E-state index contributed by atoms with van der Waals surface area (Å²) in [6.45, 7) is 0. The lowest BCUT2D eigenvalue weighted by Gasteiger charge is -2.19. The number of pyridine rings is 1. The fourth-order valence-corrected chi connectivity index (χ4v) is 3.69. The van der Waals surface area contributed by atoms with Gasteiger partial charge in [0.2, 0.25) is 0 Å². The molecule has 0 fully saturated rings. The molecule has 0 aliphatic heterocycles. The van der Waals surface area contributed by atoms with Gasteiger partial charge in [0, 0.05) is 40.7 Å². The number of fused-ring (bicyclic) bond motifs is 1. The third-order valence-corrected chi connectivity index (χ3v) is 5.35. The van der Waals surface area contributed by atoms with Gasteiger partial charge in [-0.3, -0.25) is 19.7 Å². The standard InChI is InChI=1S/C23H16ClN3O4/c1-26-19-9-5-3-7-17(19)21(28)20(16-6-2-4-8-18(16)24)22(26)25-23(29)14-10-12-15(13-11-14)27(30)31/h2-13H,1H3,(H,25,29). The Bertz CT molecular complexity index is 1390. The van der Waals surface area contributed by atoms with Crippen molar-refractivity contribution in [2.45, 2.75) is 0 Å². The summed E-state index contributed by atoms with van der Waals surface area (Å²) in [6.07, 6.45) is 0. The highest BCUT2D eigenvalue weighted by atomic mass is 35.5. The molecule has 4 rings (SSSR count). The van der Waals surface area contributed by atoms with Gasteiger partial charge in [-0.05, 0) is 30.3 Å². The third-order valence-electron chi connectivity index (χ3n) is 5.02. The van der Waals surface area contributed by atoms with Gasteiger partial charge in [-0.2, -0.15) is 0 Å². The van der Waals surface area contributed by atoms with Gasteiger partial charge in [-0.25, -0.2) is 0 Å². The number of aromatic nitrogens is 1. The van der Waals surface area contributed by atoms with Crippen molar-refractivity contribution in [2.75, 3.05) is 5.32 Å². The maximum atomic E-state index is 13.4. The van der Waals surface area contributed by atoms with Crippen LogP contribution in [0.3, 0.4) is 0 Å². The summed E-state index contributed by atoms with van der Waals surface area (Å²) >= 11 is 6.38. The van der Waals surface area contributed by atoms with Crippen molar-refractivity contribution in [3.8, 4) is 11.1 Å². The molecule has 0 aliphatic rings. The molecule has 0 atom stereocenters. The number of halogens is 1. The number of nitro groups is 1. The highest BCUT2D eigenvalue weighted by Crippen LogP contribution is 2.33. The maximum Gasteiger partial charge on any atom is 0.269 e. The van der Waals surface area contributed by atoms with Crippen LogP contribution >= 0.6 is 11.6 Å². The van der Waals surface area contributed by atoms with Crippen LogP contribution in [0, 0.1) is 10.1 Å². The van der Waals surface area contributed by atoms with Crippen LogP contribution in [-0.2, 0) is 7.05 Å². The second-order valence-electron chi connectivity index (χ2n) is 6.87. The number of benzene rings is 3. The van der Waals surface area contributed by atoms with Crippen LogP contribution in [0.4, 0.5) is 11.5 Å². The number of carbonyl (C=O) groups excluding carboxylic acids is 1. The molecule has 0 bridgehead atoms. The number of rotatable bonds is 4. The molecule has 0 radical (unpaired) electrons. The number of para-hydroxylation sites is 1. The van der Waals surface area contributed by atoms with Crippen LogP contribution in [-0.4, -0.2) is 15.4 Å². The number of non-ortho nitro benzene ring substituents is 1. The fourth-order valence-electron chi connectivity index (χ4n) is 3.46. The Balaban J connectivity index is 1.90. The first-order valence-corrected chi connectivity index (χ1v) is 9.68. The number of carbonyl (C=O) groups is 1. The normalized spacial score (nSPS) is 10.8. The van der Waals surface area contributed by atoms with Crippen molar-refractivity contribution in [1.82, 2.24) is 4.57 Å². The summed E-state index contributed by atoms with van der Waals surface area (Å²) in [4.78, 5) is 36.7. The second-order valence-corrected chi connectivity index (χ2v) is 7.27. The smallest absolute Gasteiger partial charge is 0.269 e. The zero-order valence-corrected chi connectivity index (χ0v) is 17.1. The van der Waals surface area contributed by atoms with Crippen LogP contribution < -0.4 is 10.7 Å². The molecule has 1 aromatic heterocycles. The van der Waals surface area contributed by atoms with Gasteiger partial charge in [0.15, 0.2) is 5.43 Å². The second kappa shape index (κ2) is 8.04. The number of hydrogen-bond acceptors (Lipinski definition) is 4. The predicted octanol–water partition coefficient (Wildman–Crippen LogP) is 5.02. The molecular weight excluding hydrogens is 418 g/mol. The highest BCUT2D eigenvalue weighted by Gasteiger charge is 2.21. The van der Waals surface area contributed by atoms with Gasteiger partial charge in [-0.1, -0.05) is 41.9 Å². The SMILES string of the molecule is Cn1c(NC(=O)c2ccc([N+](=O)[O-])cc2)c(-c2ccccc2Cl)c(=O)c2ccccc21. The number of amides is 1. The molecule has 0 aliphatic carbocycles. The molecule has 154 valence electrons. The third kappa shape index (κ3) is 3.67. The van der Waals surface area contributed by atoms with Crippen molar-refractivity contribution in [3.05, 3.63) is 104 Å². The van der Waals surface area contributed by atoms with Gasteiger partial charge in [0.25, 0.3) is 11.6 Å². The molecular formula is C23H16ClN3O4. The van der Waals surface area contributed by atoms with Crippen molar-refractivity contribution in [2.24, 2.45) is 7.05 Å². The molecule has 3 aromatic carbocycles. The van der Waals surface area contributed by atoms with Crippen LogP contribution in [0.15, 0.2) is 77.6 Å². The molecule has 31 heavy (non-hydrogen) atoms. The van der Waals surface area contributed by atoms with E-state index in [0.717, 1.165) is 0 Å². The van der Waals surface area contributed by atoms with E-state index in [0.29, 0.717) is 21.5 Å². The summed E-state index contributed by atoms with van der Waals surface area (Å²) in [7, 11) is 1.74. The summed E-state index contributed by atoms with van der Waals surface area (Å²) in [5, 5.41) is 14.5. The Morgan fingerprint density at radius 1 is 1.00 bits per heavy atom. The van der Waals surface area contributed by atoms with Gasteiger partial charge in [-0.15, -0.1) is 0 Å². The van der Waals surface area contributed by atoms with Gasteiger partial charge in [0.05, 0.1) is 16.0 Å². The van der Waals surface area contributed by atoms with Crippen LogP contribution in [0.2, 0.25) is 5.02 Å². The van der Waals surface area contributed by atoms with E-state index >= 15 is 0 Å². The molecule has 7 nitrogen and oxygen atoms in total. The largest absolute Gasteiger partial charge is 0.330 e. The minimum atomic E-state index is -0.537. The fraction of sp³-hybridized carbons (Fsp3) is 0.0435. The van der Waals surface area contributed by atoms with E-state index in [1.807, 2.05) is 0 Å². The molecule has 1 amide bonds. The molecule has 1 heterocycles. The lowest BCUT2D eigenvalue weighted by molar-refractivity contribution is -0.384. The zero-order chi connectivity index (χ0) is 22.1. The number of aryl methyl sites for hydroxylation is 1. The molecule has 0 spiro atoms. The van der Waals surface area contributed by atoms with Crippen LogP contribution in [0.25, 0.3) is 22.0 Å². The Morgan fingerprint density at radius 2 is 1.65 bits per heavy atom. The number of hydrogen-bond donors (Lipinski definition) is 1. The molecule has 8 heteroatoms. The summed E-state index contributed by atoms with van der Waals surface area (Å²) in [6, 6.07) is 19.2. The van der Waals surface area contributed by atoms with Gasteiger partial charge >= 0.3 is 0 Å². The minimum absolute atomic E-state index is 0.119. The van der Waals surface area contributed by atoms with Gasteiger partial charge < -0.3 is 9.88 Å². The van der Waals surface area contributed by atoms with Crippen molar-refractivity contribution < 1.29 is 9.72 Å². The first kappa shape index (κ1) is 20.3. The first-order chi connectivity index (χ1) is 14.9. The summed E-state index contributed by atoms with van der Waals surface area (Å²) in [5.74, 6) is -0.228. The lowest BCUT2D eigenvalue weighted by atomic mass is 10.0. The van der Waals surface area contributed by atoms with E-state index in [1.54, 1.807) is 60.1 Å². The van der Waals surface area contributed by atoms with Crippen LogP contribution in [0.5, 0.6) is 0 Å².